The van der Waals surface area contributed by atoms with E-state index >= 15 is 0 Å². The van der Waals surface area contributed by atoms with E-state index in [-0.39, 0.29) is 22.9 Å². The molecule has 7 heteroatoms. The number of carbonyl (C=O) groups excluding carboxylic acids is 1. The van der Waals surface area contributed by atoms with E-state index in [1.807, 2.05) is 54.7 Å². The van der Waals surface area contributed by atoms with Crippen LogP contribution in [0.5, 0.6) is 0 Å². The lowest BCUT2D eigenvalue weighted by Crippen LogP contribution is -2.21. The first-order chi connectivity index (χ1) is 15.1. The molecular formula is C24H17N5O2. The first kappa shape index (κ1) is 17.7. The molecule has 6 rings (SSSR count). The zero-order valence-corrected chi connectivity index (χ0v) is 16.7. The number of fused-ring (bicyclic) bond motifs is 6. The molecule has 2 aromatic carbocycles. The molecule has 3 heterocycles. The number of aromatic nitrogens is 5. The van der Waals surface area contributed by atoms with Crippen LogP contribution in [-0.2, 0) is 12.8 Å². The number of nitrogens with zero attached hydrogens (tertiary/aromatic N) is 5. The van der Waals surface area contributed by atoms with Crippen molar-refractivity contribution in [3.63, 3.8) is 0 Å². The Morgan fingerprint density at radius 2 is 1.71 bits per heavy atom. The summed E-state index contributed by atoms with van der Waals surface area (Å²) < 4.78 is 2.84. The third-order valence-electron chi connectivity index (χ3n) is 5.82. The minimum Gasteiger partial charge on any atom is -0.291 e. The summed E-state index contributed by atoms with van der Waals surface area (Å²) in [5, 5.41) is 4.87. The fourth-order valence-corrected chi connectivity index (χ4v) is 4.41. The zero-order valence-electron chi connectivity index (χ0n) is 16.7. The second-order valence-electron chi connectivity index (χ2n) is 7.69. The number of carbonyl (C=O) groups is 1. The van der Waals surface area contributed by atoms with E-state index in [4.69, 9.17) is 4.98 Å². The van der Waals surface area contributed by atoms with Crippen molar-refractivity contribution in [3.05, 3.63) is 88.1 Å². The second kappa shape index (κ2) is 6.43. The molecule has 0 saturated heterocycles. The average Bonchev–Trinajstić information content (AvgIpc) is 3.19. The topological polar surface area (TPSA) is 82.2 Å². The van der Waals surface area contributed by atoms with Gasteiger partial charge in [0.2, 0.25) is 11.6 Å². The van der Waals surface area contributed by atoms with Gasteiger partial charge < -0.3 is 0 Å². The van der Waals surface area contributed by atoms with Gasteiger partial charge in [-0.25, -0.2) is 9.38 Å². The molecule has 0 amide bonds. The number of hydrogen-bond donors (Lipinski definition) is 0. The quantitative estimate of drug-likeness (QED) is 0.419. The third-order valence-corrected chi connectivity index (χ3v) is 5.82. The van der Waals surface area contributed by atoms with Gasteiger partial charge in [-0.3, -0.25) is 9.59 Å². The lowest BCUT2D eigenvalue weighted by molar-refractivity contribution is 0.100. The number of benzene rings is 2. The van der Waals surface area contributed by atoms with Gasteiger partial charge in [0.1, 0.15) is 0 Å². The summed E-state index contributed by atoms with van der Waals surface area (Å²) >= 11 is 0. The highest BCUT2D eigenvalue weighted by Crippen LogP contribution is 2.36. The summed E-state index contributed by atoms with van der Waals surface area (Å²) in [5.41, 5.74) is 4.84. The van der Waals surface area contributed by atoms with E-state index in [2.05, 4.69) is 16.1 Å². The molecule has 31 heavy (non-hydrogen) atoms. The van der Waals surface area contributed by atoms with Crippen LogP contribution < -0.4 is 5.56 Å². The Balaban J connectivity index is 1.78. The van der Waals surface area contributed by atoms with Gasteiger partial charge in [-0.15, -0.1) is 5.10 Å². The Morgan fingerprint density at radius 3 is 2.52 bits per heavy atom. The molecule has 7 nitrogen and oxygen atoms in total. The van der Waals surface area contributed by atoms with Crippen molar-refractivity contribution in [2.75, 3.05) is 0 Å². The third kappa shape index (κ3) is 2.49. The Hall–Kier alpha value is -4.13. The van der Waals surface area contributed by atoms with Gasteiger partial charge in [0, 0.05) is 18.7 Å². The minimum absolute atomic E-state index is 0.0555. The summed E-state index contributed by atoms with van der Waals surface area (Å²) in [4.78, 5) is 35.4. The smallest absolute Gasteiger partial charge is 0.271 e. The molecule has 0 spiro atoms. The molecule has 0 aliphatic heterocycles. The van der Waals surface area contributed by atoms with E-state index in [0.717, 1.165) is 29.5 Å². The van der Waals surface area contributed by atoms with Crippen LogP contribution in [0, 0.1) is 0 Å². The van der Waals surface area contributed by atoms with E-state index in [0.29, 0.717) is 16.7 Å². The number of Topliss-reactive ketones (excluding diaryl/α,β-unsaturated/α-hetero) is 1. The molecule has 0 bridgehead atoms. The number of rotatable bonds is 2. The summed E-state index contributed by atoms with van der Waals surface area (Å²) in [7, 11) is 0. The Kier molecular flexibility index (Phi) is 3.67. The summed E-state index contributed by atoms with van der Waals surface area (Å²) in [6, 6.07) is 17.4. The van der Waals surface area contributed by atoms with Crippen LogP contribution in [0.4, 0.5) is 0 Å². The van der Waals surface area contributed by atoms with Crippen LogP contribution in [0.25, 0.3) is 33.6 Å². The molecule has 3 aromatic heterocycles. The molecule has 1 aliphatic carbocycles. The van der Waals surface area contributed by atoms with E-state index in [9.17, 15) is 9.59 Å². The van der Waals surface area contributed by atoms with Crippen LogP contribution >= 0.6 is 0 Å². The highest BCUT2D eigenvalue weighted by atomic mass is 16.1. The molecule has 0 fully saturated rings. The lowest BCUT2D eigenvalue weighted by atomic mass is 9.85. The maximum absolute atomic E-state index is 13.8. The summed E-state index contributed by atoms with van der Waals surface area (Å²) in [5.74, 6) is 0.0199. The molecule has 0 saturated carbocycles. The fourth-order valence-electron chi connectivity index (χ4n) is 4.41. The standard InChI is InChI=1S/C24H17N5O2/c1-14(30)22-27-29(17-8-3-2-4-9-17)24-26-21-20(23(31)28(22)24)19-16(13-25-21)12-11-15-7-5-6-10-18(15)19/h2-10,13H,11-12H2,1H3. The molecule has 1 aliphatic rings. The SMILES string of the molecule is CC(=O)c1nn(-c2ccccc2)c2nc3ncc4c(c3c(=O)n12)-c1ccccc1CC4. The van der Waals surface area contributed by atoms with Gasteiger partial charge in [-0.1, -0.05) is 42.5 Å². The van der Waals surface area contributed by atoms with Crippen LogP contribution in [-0.4, -0.2) is 29.9 Å². The van der Waals surface area contributed by atoms with E-state index < -0.39 is 0 Å². The maximum Gasteiger partial charge on any atom is 0.271 e. The van der Waals surface area contributed by atoms with Gasteiger partial charge in [0.25, 0.3) is 5.56 Å². The largest absolute Gasteiger partial charge is 0.291 e. The zero-order chi connectivity index (χ0) is 21.1. The van der Waals surface area contributed by atoms with Crippen LogP contribution in [0.2, 0.25) is 0 Å². The molecule has 0 radical (unpaired) electrons. The van der Waals surface area contributed by atoms with Crippen LogP contribution in [0.15, 0.2) is 65.6 Å². The number of aryl methyl sites for hydroxylation is 2. The first-order valence-electron chi connectivity index (χ1n) is 10.1. The molecule has 0 atom stereocenters. The van der Waals surface area contributed by atoms with Gasteiger partial charge in [-0.2, -0.15) is 9.67 Å². The summed E-state index contributed by atoms with van der Waals surface area (Å²) in [6.07, 6.45) is 3.52. The monoisotopic (exact) mass is 407 g/mol. The van der Waals surface area contributed by atoms with Crippen LogP contribution in [0.1, 0.15) is 28.7 Å². The van der Waals surface area contributed by atoms with Crippen molar-refractivity contribution in [3.8, 4) is 16.8 Å². The predicted molar refractivity (Wildman–Crippen MR) is 117 cm³/mol. The molecule has 0 N–H and O–H groups in total. The first-order valence-corrected chi connectivity index (χ1v) is 10.1. The van der Waals surface area contributed by atoms with E-state index in [1.165, 1.54) is 21.6 Å². The highest BCUT2D eigenvalue weighted by Gasteiger charge is 2.25. The van der Waals surface area contributed by atoms with Gasteiger partial charge in [-0.05, 0) is 41.7 Å². The molecular weight excluding hydrogens is 390 g/mol. The number of ketones is 1. The Morgan fingerprint density at radius 1 is 0.968 bits per heavy atom. The highest BCUT2D eigenvalue weighted by molar-refractivity contribution is 5.97. The Labute approximate surface area is 176 Å². The number of pyridine rings is 1. The van der Waals surface area contributed by atoms with Gasteiger partial charge in [0.05, 0.1) is 11.1 Å². The van der Waals surface area contributed by atoms with E-state index in [1.54, 1.807) is 0 Å². The molecule has 150 valence electrons. The molecule has 0 unspecified atom stereocenters. The van der Waals surface area contributed by atoms with Gasteiger partial charge in [0.15, 0.2) is 11.4 Å². The van der Waals surface area contributed by atoms with Crippen molar-refractivity contribution < 1.29 is 4.79 Å². The lowest BCUT2D eigenvalue weighted by Gasteiger charge is -2.20. The molecule has 5 aromatic rings. The van der Waals surface area contributed by atoms with Gasteiger partial charge >= 0.3 is 0 Å². The summed E-state index contributed by atoms with van der Waals surface area (Å²) in [6.45, 7) is 1.40. The van der Waals surface area contributed by atoms with Crippen molar-refractivity contribution in [1.82, 2.24) is 24.1 Å². The normalized spacial score (nSPS) is 12.7. The number of hydrogen-bond acceptors (Lipinski definition) is 5. The average molecular weight is 407 g/mol. The Bertz CT molecular complexity index is 1580. The number of para-hydroxylation sites is 1. The van der Waals surface area contributed by atoms with Crippen LogP contribution in [0.3, 0.4) is 0 Å². The van der Waals surface area contributed by atoms with Crippen molar-refractivity contribution in [2.45, 2.75) is 19.8 Å². The second-order valence-corrected chi connectivity index (χ2v) is 7.69. The predicted octanol–water partition coefficient (Wildman–Crippen LogP) is 3.40. The van der Waals surface area contributed by atoms with Crippen molar-refractivity contribution in [1.29, 1.82) is 0 Å². The van der Waals surface area contributed by atoms with Crippen molar-refractivity contribution >= 4 is 22.6 Å². The fraction of sp³-hybridized carbons (Fsp3) is 0.125. The maximum atomic E-state index is 13.8. The van der Waals surface area contributed by atoms with Crippen molar-refractivity contribution in [2.24, 2.45) is 0 Å². The minimum atomic E-state index is -0.326.